The Morgan fingerprint density at radius 3 is 2.45 bits per heavy atom. The van der Waals surface area contributed by atoms with Crippen LogP contribution in [0.5, 0.6) is 0 Å². The molecule has 0 aliphatic rings. The number of para-hydroxylation sites is 1. The number of benzene rings is 2. The van der Waals surface area contributed by atoms with Crippen molar-refractivity contribution in [1.29, 1.82) is 0 Å². The molecule has 0 aliphatic carbocycles. The molecular formula is C20H12N8O3. The van der Waals surface area contributed by atoms with Crippen molar-refractivity contribution in [3.63, 3.8) is 0 Å². The molecule has 3 aromatic heterocycles. The summed E-state index contributed by atoms with van der Waals surface area (Å²) < 4.78 is 3.06. The van der Waals surface area contributed by atoms with Crippen LogP contribution in [0.2, 0.25) is 0 Å². The minimum atomic E-state index is -0.479. The minimum absolute atomic E-state index is 0.0454. The Morgan fingerprint density at radius 1 is 0.935 bits per heavy atom. The second-order valence-corrected chi connectivity index (χ2v) is 6.56. The number of hydrogen-bond acceptors (Lipinski definition) is 8. The lowest BCUT2D eigenvalue weighted by Gasteiger charge is -2.02. The Balaban J connectivity index is 1.64. The number of aromatic nitrogens is 7. The molecule has 150 valence electrons. The molecule has 3 heterocycles. The molecule has 0 saturated heterocycles. The highest BCUT2D eigenvalue weighted by molar-refractivity contribution is 6.10. The molecule has 0 unspecified atom stereocenters. The molecule has 11 heteroatoms. The third-order valence-corrected chi connectivity index (χ3v) is 4.63. The number of nitrogens with zero attached hydrogens (tertiary/aromatic N) is 8. The lowest BCUT2D eigenvalue weighted by Crippen LogP contribution is -2.10. The number of non-ortho nitro benzene ring substituents is 1. The Hall–Kier alpha value is -4.80. The van der Waals surface area contributed by atoms with Gasteiger partial charge in [-0.15, -0.1) is 20.4 Å². The van der Waals surface area contributed by atoms with Crippen LogP contribution in [0.25, 0.3) is 22.6 Å². The standard InChI is InChI=1S/C20H12N8O3/c29-19(17-11-26-12-21-23-20(26)24-22-17)18-16(13-6-8-15(9-7-13)28(30)31)10-27(25-18)14-4-2-1-3-5-14/h1-12H. The van der Waals surface area contributed by atoms with Gasteiger partial charge in [-0.05, 0) is 29.8 Å². The van der Waals surface area contributed by atoms with E-state index in [4.69, 9.17) is 0 Å². The second-order valence-electron chi connectivity index (χ2n) is 6.56. The largest absolute Gasteiger partial charge is 0.285 e. The predicted octanol–water partition coefficient (Wildman–Crippen LogP) is 2.51. The van der Waals surface area contributed by atoms with E-state index in [-0.39, 0.29) is 22.9 Å². The summed E-state index contributed by atoms with van der Waals surface area (Å²) in [5.41, 5.74) is 2.03. The Bertz CT molecular complexity index is 1420. The molecule has 0 amide bonds. The first-order valence-electron chi connectivity index (χ1n) is 9.08. The van der Waals surface area contributed by atoms with Gasteiger partial charge in [-0.25, -0.2) is 4.68 Å². The molecule has 2 aromatic carbocycles. The van der Waals surface area contributed by atoms with Crippen LogP contribution in [-0.4, -0.2) is 45.3 Å². The van der Waals surface area contributed by atoms with Crippen molar-refractivity contribution in [2.45, 2.75) is 0 Å². The average Bonchev–Trinajstić information content (AvgIpc) is 3.46. The Labute approximate surface area is 173 Å². The van der Waals surface area contributed by atoms with Crippen LogP contribution in [0, 0.1) is 10.1 Å². The summed E-state index contributed by atoms with van der Waals surface area (Å²) in [7, 11) is 0. The third kappa shape index (κ3) is 3.29. The van der Waals surface area contributed by atoms with Crippen LogP contribution in [0.15, 0.2) is 73.3 Å². The van der Waals surface area contributed by atoms with Crippen molar-refractivity contribution < 1.29 is 9.72 Å². The van der Waals surface area contributed by atoms with Gasteiger partial charge in [-0.2, -0.15) is 5.10 Å². The molecular weight excluding hydrogens is 400 g/mol. The molecule has 0 spiro atoms. The van der Waals surface area contributed by atoms with Crippen LogP contribution < -0.4 is 0 Å². The van der Waals surface area contributed by atoms with Crippen molar-refractivity contribution in [2.75, 3.05) is 0 Å². The molecule has 0 bridgehead atoms. The number of hydrogen-bond donors (Lipinski definition) is 0. The summed E-state index contributed by atoms with van der Waals surface area (Å²) in [6, 6.07) is 15.2. The fourth-order valence-electron chi connectivity index (χ4n) is 3.11. The zero-order valence-corrected chi connectivity index (χ0v) is 15.7. The normalized spacial score (nSPS) is 11.0. The topological polar surface area (TPSA) is 134 Å². The van der Waals surface area contributed by atoms with Crippen molar-refractivity contribution in [1.82, 2.24) is 34.6 Å². The first kappa shape index (κ1) is 18.2. The predicted molar refractivity (Wildman–Crippen MR) is 108 cm³/mol. The van der Waals surface area contributed by atoms with E-state index in [1.54, 1.807) is 23.0 Å². The number of nitro benzene ring substituents is 1. The van der Waals surface area contributed by atoms with Gasteiger partial charge in [-0.3, -0.25) is 19.3 Å². The van der Waals surface area contributed by atoms with Crippen molar-refractivity contribution >= 4 is 17.2 Å². The van der Waals surface area contributed by atoms with Crippen LogP contribution in [0.1, 0.15) is 16.2 Å². The van der Waals surface area contributed by atoms with Crippen LogP contribution in [-0.2, 0) is 0 Å². The third-order valence-electron chi connectivity index (χ3n) is 4.63. The van der Waals surface area contributed by atoms with E-state index in [0.717, 1.165) is 5.69 Å². The van der Waals surface area contributed by atoms with E-state index in [2.05, 4.69) is 25.5 Å². The average molecular weight is 412 g/mol. The summed E-state index contributed by atoms with van der Waals surface area (Å²) in [6.07, 6.45) is 4.60. The number of carbonyl (C=O) groups is 1. The van der Waals surface area contributed by atoms with E-state index < -0.39 is 10.7 Å². The van der Waals surface area contributed by atoms with Gasteiger partial charge in [-0.1, -0.05) is 18.2 Å². The van der Waals surface area contributed by atoms with Crippen molar-refractivity contribution in [3.8, 4) is 16.8 Å². The number of ketones is 1. The molecule has 0 radical (unpaired) electrons. The number of fused-ring (bicyclic) bond motifs is 1. The molecule has 31 heavy (non-hydrogen) atoms. The van der Waals surface area contributed by atoms with Crippen molar-refractivity contribution in [2.24, 2.45) is 0 Å². The van der Waals surface area contributed by atoms with Crippen LogP contribution in [0.4, 0.5) is 5.69 Å². The first-order valence-corrected chi connectivity index (χ1v) is 9.08. The number of carbonyl (C=O) groups excluding carboxylic acids is 1. The zero-order chi connectivity index (χ0) is 21.4. The monoisotopic (exact) mass is 412 g/mol. The molecule has 5 rings (SSSR count). The quantitative estimate of drug-likeness (QED) is 0.244. The molecule has 5 aromatic rings. The van der Waals surface area contributed by atoms with E-state index in [1.807, 2.05) is 30.3 Å². The van der Waals surface area contributed by atoms with Gasteiger partial charge in [0.25, 0.3) is 11.5 Å². The maximum Gasteiger partial charge on any atom is 0.274 e. The summed E-state index contributed by atoms with van der Waals surface area (Å²) >= 11 is 0. The fraction of sp³-hybridized carbons (Fsp3) is 0. The smallest absolute Gasteiger partial charge is 0.274 e. The maximum absolute atomic E-state index is 13.3. The number of nitro groups is 1. The second kappa shape index (κ2) is 7.22. The van der Waals surface area contributed by atoms with Gasteiger partial charge in [0.05, 0.1) is 10.6 Å². The van der Waals surface area contributed by atoms with Gasteiger partial charge in [0.2, 0.25) is 5.78 Å². The van der Waals surface area contributed by atoms with Crippen LogP contribution >= 0.6 is 0 Å². The summed E-state index contributed by atoms with van der Waals surface area (Å²) in [5, 5.41) is 30.8. The van der Waals surface area contributed by atoms with E-state index in [9.17, 15) is 14.9 Å². The van der Waals surface area contributed by atoms with Gasteiger partial charge in [0.1, 0.15) is 12.0 Å². The molecule has 0 fully saturated rings. The molecule has 0 N–H and O–H groups in total. The lowest BCUT2D eigenvalue weighted by atomic mass is 10.0. The SMILES string of the molecule is O=C(c1cn2cnnc2nn1)c1nn(-c2ccccc2)cc1-c1ccc([N+](=O)[O-])cc1. The van der Waals surface area contributed by atoms with Gasteiger partial charge in [0, 0.05) is 30.1 Å². The Morgan fingerprint density at radius 2 is 1.71 bits per heavy atom. The lowest BCUT2D eigenvalue weighted by molar-refractivity contribution is -0.384. The molecule has 0 atom stereocenters. The van der Waals surface area contributed by atoms with E-state index in [0.29, 0.717) is 11.1 Å². The highest BCUT2D eigenvalue weighted by Crippen LogP contribution is 2.28. The van der Waals surface area contributed by atoms with Gasteiger partial charge >= 0.3 is 0 Å². The van der Waals surface area contributed by atoms with Gasteiger partial charge < -0.3 is 0 Å². The van der Waals surface area contributed by atoms with E-state index >= 15 is 0 Å². The summed E-state index contributed by atoms with van der Waals surface area (Å²) in [5.74, 6) is -0.187. The first-order chi connectivity index (χ1) is 15.1. The Kier molecular flexibility index (Phi) is 4.25. The van der Waals surface area contributed by atoms with Crippen molar-refractivity contribution in [3.05, 3.63) is 94.8 Å². The zero-order valence-electron chi connectivity index (χ0n) is 15.7. The summed E-state index contributed by atoms with van der Waals surface area (Å²) in [4.78, 5) is 23.8. The molecule has 0 aliphatic heterocycles. The molecule has 11 nitrogen and oxygen atoms in total. The highest BCUT2D eigenvalue weighted by atomic mass is 16.6. The van der Waals surface area contributed by atoms with Gasteiger partial charge in [0.15, 0.2) is 5.69 Å². The highest BCUT2D eigenvalue weighted by Gasteiger charge is 2.23. The number of rotatable bonds is 5. The van der Waals surface area contributed by atoms with Crippen LogP contribution in [0.3, 0.4) is 0 Å². The minimum Gasteiger partial charge on any atom is -0.285 e. The summed E-state index contributed by atoms with van der Waals surface area (Å²) in [6.45, 7) is 0. The van der Waals surface area contributed by atoms with E-state index in [1.165, 1.54) is 29.1 Å². The fourth-order valence-corrected chi connectivity index (χ4v) is 3.11. The maximum atomic E-state index is 13.3. The molecule has 0 saturated carbocycles.